The number of benzene rings is 2. The van der Waals surface area contributed by atoms with E-state index in [1.54, 1.807) is 29.2 Å². The van der Waals surface area contributed by atoms with Crippen LogP contribution in [0.1, 0.15) is 17.5 Å². The van der Waals surface area contributed by atoms with Crippen LogP contribution in [-0.4, -0.2) is 19.3 Å². The van der Waals surface area contributed by atoms with Gasteiger partial charge in [-0.15, -0.1) is 0 Å². The van der Waals surface area contributed by atoms with Crippen LogP contribution in [0.5, 0.6) is 0 Å². The SMILES string of the molecule is N#Cc1ccc(N2CCC(c3cc(Cl)cc(Cl)c3)(C(F)(F)F)C2)cc1. The van der Waals surface area contributed by atoms with Gasteiger partial charge in [-0.2, -0.15) is 18.4 Å². The predicted molar refractivity (Wildman–Crippen MR) is 92.2 cm³/mol. The lowest BCUT2D eigenvalue weighted by Gasteiger charge is -2.33. The van der Waals surface area contributed by atoms with Crippen LogP contribution < -0.4 is 4.90 Å². The first-order chi connectivity index (χ1) is 11.7. The summed E-state index contributed by atoms with van der Waals surface area (Å²) in [4.78, 5) is 1.67. The quantitative estimate of drug-likeness (QED) is 0.675. The molecule has 25 heavy (non-hydrogen) atoms. The van der Waals surface area contributed by atoms with Crippen LogP contribution >= 0.6 is 23.2 Å². The van der Waals surface area contributed by atoms with E-state index < -0.39 is 11.6 Å². The third-order valence-electron chi connectivity index (χ3n) is 4.59. The van der Waals surface area contributed by atoms with Gasteiger partial charge in [-0.1, -0.05) is 23.2 Å². The molecular formula is C18H13Cl2F3N2. The van der Waals surface area contributed by atoms with Crippen molar-refractivity contribution in [2.75, 3.05) is 18.0 Å². The van der Waals surface area contributed by atoms with Gasteiger partial charge in [0.1, 0.15) is 5.41 Å². The van der Waals surface area contributed by atoms with E-state index in [4.69, 9.17) is 28.5 Å². The molecule has 3 rings (SSSR count). The Bertz CT molecular complexity index is 807. The molecule has 1 aliphatic heterocycles. The first-order valence-corrected chi connectivity index (χ1v) is 8.29. The molecule has 1 unspecified atom stereocenters. The largest absolute Gasteiger partial charge is 0.400 e. The van der Waals surface area contributed by atoms with E-state index in [0.717, 1.165) is 0 Å². The number of nitriles is 1. The summed E-state index contributed by atoms with van der Waals surface area (Å²) in [6, 6.07) is 12.6. The maximum absolute atomic E-state index is 14.0. The molecular weight excluding hydrogens is 372 g/mol. The molecule has 1 fully saturated rings. The third kappa shape index (κ3) is 3.29. The lowest BCUT2D eigenvalue weighted by molar-refractivity contribution is -0.184. The van der Waals surface area contributed by atoms with E-state index in [2.05, 4.69) is 0 Å². The Morgan fingerprint density at radius 2 is 1.64 bits per heavy atom. The second-order valence-corrected chi connectivity index (χ2v) is 6.94. The van der Waals surface area contributed by atoms with Gasteiger partial charge in [-0.05, 0) is 54.4 Å². The second-order valence-electron chi connectivity index (χ2n) is 6.07. The van der Waals surface area contributed by atoms with Gasteiger partial charge < -0.3 is 4.90 Å². The van der Waals surface area contributed by atoms with Crippen LogP contribution in [0.2, 0.25) is 10.0 Å². The van der Waals surface area contributed by atoms with E-state index in [0.29, 0.717) is 11.3 Å². The second kappa shape index (κ2) is 6.44. The molecule has 2 aromatic rings. The summed E-state index contributed by atoms with van der Waals surface area (Å²) in [5, 5.41) is 9.21. The zero-order valence-corrected chi connectivity index (χ0v) is 14.5. The van der Waals surface area contributed by atoms with E-state index >= 15 is 0 Å². The monoisotopic (exact) mass is 384 g/mol. The smallest absolute Gasteiger partial charge is 0.370 e. The van der Waals surface area contributed by atoms with Gasteiger partial charge in [-0.25, -0.2) is 0 Å². The standard InChI is InChI=1S/C18H13Cl2F3N2/c19-14-7-13(8-15(20)9-14)17(18(21,22)23)5-6-25(11-17)16-3-1-12(10-24)2-4-16/h1-4,7-9H,5-6,11H2. The van der Waals surface area contributed by atoms with Crippen molar-refractivity contribution in [1.82, 2.24) is 0 Å². The minimum absolute atomic E-state index is 0.0774. The minimum atomic E-state index is -4.44. The highest BCUT2D eigenvalue weighted by Crippen LogP contribution is 2.49. The maximum atomic E-state index is 14.0. The molecule has 1 atom stereocenters. The summed E-state index contributed by atoms with van der Waals surface area (Å²) in [5.74, 6) is 0. The van der Waals surface area contributed by atoms with Gasteiger partial charge in [0.25, 0.3) is 0 Å². The number of halogens is 5. The van der Waals surface area contributed by atoms with E-state index in [1.165, 1.54) is 18.2 Å². The van der Waals surface area contributed by atoms with Gasteiger partial charge in [0.2, 0.25) is 0 Å². The number of hydrogen-bond acceptors (Lipinski definition) is 2. The Kier molecular flexibility index (Phi) is 4.61. The molecule has 1 heterocycles. The third-order valence-corrected chi connectivity index (χ3v) is 5.03. The van der Waals surface area contributed by atoms with Crippen molar-refractivity contribution in [1.29, 1.82) is 5.26 Å². The molecule has 2 nitrogen and oxygen atoms in total. The summed E-state index contributed by atoms with van der Waals surface area (Å²) in [7, 11) is 0. The first-order valence-electron chi connectivity index (χ1n) is 7.54. The lowest BCUT2D eigenvalue weighted by Crippen LogP contribution is -2.44. The van der Waals surface area contributed by atoms with Crippen LogP contribution in [0.25, 0.3) is 0 Å². The molecule has 0 bridgehead atoms. The number of rotatable bonds is 2. The predicted octanol–water partition coefficient (Wildman–Crippen LogP) is 5.58. The Morgan fingerprint density at radius 1 is 1.04 bits per heavy atom. The van der Waals surface area contributed by atoms with Crippen LogP contribution in [0.3, 0.4) is 0 Å². The zero-order chi connectivity index (χ0) is 18.2. The van der Waals surface area contributed by atoms with Crippen molar-refractivity contribution >= 4 is 28.9 Å². The van der Waals surface area contributed by atoms with Gasteiger partial charge in [0, 0.05) is 28.8 Å². The van der Waals surface area contributed by atoms with Crippen molar-refractivity contribution < 1.29 is 13.2 Å². The molecule has 7 heteroatoms. The van der Waals surface area contributed by atoms with Crippen molar-refractivity contribution in [2.24, 2.45) is 0 Å². The fraction of sp³-hybridized carbons (Fsp3) is 0.278. The number of alkyl halides is 3. The molecule has 1 aliphatic rings. The van der Waals surface area contributed by atoms with Crippen molar-refractivity contribution in [3.05, 3.63) is 63.6 Å². The molecule has 0 saturated carbocycles. The molecule has 0 aliphatic carbocycles. The normalized spacial score (nSPS) is 20.6. The summed E-state index contributed by atoms with van der Waals surface area (Å²) >= 11 is 11.9. The Hall–Kier alpha value is -1.90. The van der Waals surface area contributed by atoms with Crippen molar-refractivity contribution in [2.45, 2.75) is 18.0 Å². The van der Waals surface area contributed by atoms with Crippen LogP contribution in [0.4, 0.5) is 18.9 Å². The van der Waals surface area contributed by atoms with Crippen molar-refractivity contribution in [3.63, 3.8) is 0 Å². The Labute approximate surface area is 153 Å². The highest BCUT2D eigenvalue weighted by molar-refractivity contribution is 6.34. The Balaban J connectivity index is 2.00. The van der Waals surface area contributed by atoms with Crippen LogP contribution in [-0.2, 0) is 5.41 Å². The van der Waals surface area contributed by atoms with Gasteiger partial charge in [0.05, 0.1) is 11.6 Å². The average Bonchev–Trinajstić information content (AvgIpc) is 3.00. The maximum Gasteiger partial charge on any atom is 0.400 e. The van der Waals surface area contributed by atoms with E-state index in [-0.39, 0.29) is 35.1 Å². The van der Waals surface area contributed by atoms with E-state index in [1.807, 2.05) is 6.07 Å². The summed E-state index contributed by atoms with van der Waals surface area (Å²) in [5.41, 5.74) is -0.839. The average molecular weight is 385 g/mol. The lowest BCUT2D eigenvalue weighted by atomic mass is 9.79. The fourth-order valence-electron chi connectivity index (χ4n) is 3.24. The molecule has 0 aromatic heterocycles. The molecule has 0 spiro atoms. The molecule has 2 aromatic carbocycles. The van der Waals surface area contributed by atoms with E-state index in [9.17, 15) is 13.2 Å². The molecule has 1 saturated heterocycles. The van der Waals surface area contributed by atoms with Gasteiger partial charge >= 0.3 is 6.18 Å². The van der Waals surface area contributed by atoms with Crippen molar-refractivity contribution in [3.8, 4) is 6.07 Å². The Morgan fingerprint density at radius 3 is 2.16 bits per heavy atom. The van der Waals surface area contributed by atoms with Gasteiger partial charge in [-0.3, -0.25) is 0 Å². The summed E-state index contributed by atoms with van der Waals surface area (Å²) in [6.45, 7) is 0.0224. The molecule has 130 valence electrons. The zero-order valence-electron chi connectivity index (χ0n) is 12.9. The summed E-state index contributed by atoms with van der Waals surface area (Å²) in [6.07, 6.45) is -4.53. The topological polar surface area (TPSA) is 27.0 Å². The highest BCUT2D eigenvalue weighted by atomic mass is 35.5. The highest BCUT2D eigenvalue weighted by Gasteiger charge is 2.59. The molecule has 0 N–H and O–H groups in total. The number of nitrogens with zero attached hydrogens (tertiary/aromatic N) is 2. The fourth-order valence-corrected chi connectivity index (χ4v) is 3.76. The number of anilines is 1. The number of hydrogen-bond donors (Lipinski definition) is 0. The molecule has 0 amide bonds. The van der Waals surface area contributed by atoms with Crippen LogP contribution in [0, 0.1) is 11.3 Å². The minimum Gasteiger partial charge on any atom is -0.370 e. The van der Waals surface area contributed by atoms with Crippen LogP contribution in [0.15, 0.2) is 42.5 Å². The van der Waals surface area contributed by atoms with Gasteiger partial charge in [0.15, 0.2) is 0 Å². The first kappa shape index (κ1) is 17.9. The summed E-state index contributed by atoms with van der Waals surface area (Å²) < 4.78 is 42.1. The molecule has 0 radical (unpaired) electrons.